The fourth-order valence-electron chi connectivity index (χ4n) is 1.60. The van der Waals surface area contributed by atoms with E-state index in [0.717, 1.165) is 0 Å². The Bertz CT molecular complexity index is 341. The number of carbonyl (C=O) groups is 1. The van der Waals surface area contributed by atoms with Crippen LogP contribution < -0.4 is 5.73 Å². The number of amides is 1. The van der Waals surface area contributed by atoms with E-state index in [1.54, 1.807) is 0 Å². The Kier molecular flexibility index (Phi) is 3.69. The lowest BCUT2D eigenvalue weighted by atomic mass is 10.2. The lowest BCUT2D eigenvalue weighted by Crippen LogP contribution is -2.46. The van der Waals surface area contributed by atoms with Crippen LogP contribution >= 0.6 is 0 Å². The number of nitrogens with zero attached hydrogens (tertiary/aromatic N) is 1. The molecule has 2 atom stereocenters. The normalized spacial score (nSPS) is 26.2. The average molecular weight is 236 g/mol. The van der Waals surface area contributed by atoms with E-state index in [9.17, 15) is 18.3 Å². The van der Waals surface area contributed by atoms with Gasteiger partial charge in [-0.2, -0.15) is 0 Å². The molecule has 0 aromatic rings. The number of carbonyl (C=O) groups excluding carboxylic acids is 1. The van der Waals surface area contributed by atoms with Crippen LogP contribution in [0.15, 0.2) is 0 Å². The number of hydrogen-bond acceptors (Lipinski definition) is 5. The second-order valence-electron chi connectivity index (χ2n) is 3.76. The first kappa shape index (κ1) is 12.4. The number of aliphatic hydroxyl groups excluding tert-OH is 1. The van der Waals surface area contributed by atoms with Gasteiger partial charge in [0.25, 0.3) is 5.91 Å². The van der Waals surface area contributed by atoms with Crippen molar-refractivity contribution < 1.29 is 18.3 Å². The highest BCUT2D eigenvalue weighted by molar-refractivity contribution is 7.91. The van der Waals surface area contributed by atoms with E-state index in [1.807, 2.05) is 0 Å². The zero-order valence-electron chi connectivity index (χ0n) is 8.59. The van der Waals surface area contributed by atoms with Gasteiger partial charge in [-0.3, -0.25) is 4.79 Å². The van der Waals surface area contributed by atoms with Crippen molar-refractivity contribution in [3.63, 3.8) is 0 Å². The summed E-state index contributed by atoms with van der Waals surface area (Å²) in [4.78, 5) is 12.8. The molecule has 7 heteroatoms. The molecule has 0 bridgehead atoms. The van der Waals surface area contributed by atoms with Crippen LogP contribution in [0.1, 0.15) is 6.42 Å². The Morgan fingerprint density at radius 2 is 2.27 bits per heavy atom. The van der Waals surface area contributed by atoms with Crippen molar-refractivity contribution in [1.29, 1.82) is 0 Å². The number of likely N-dealkylation sites (N-methyl/N-ethyl adjacent to an activating group) is 1. The Morgan fingerprint density at radius 3 is 2.67 bits per heavy atom. The predicted octanol–water partition coefficient (Wildman–Crippen LogP) is -2.05. The van der Waals surface area contributed by atoms with E-state index in [-0.39, 0.29) is 24.1 Å². The summed E-state index contributed by atoms with van der Waals surface area (Å²) in [5.41, 5.74) is 5.15. The van der Waals surface area contributed by atoms with E-state index in [0.29, 0.717) is 6.42 Å². The van der Waals surface area contributed by atoms with Gasteiger partial charge < -0.3 is 15.7 Å². The highest BCUT2D eigenvalue weighted by Crippen LogP contribution is 2.16. The molecule has 0 saturated carbocycles. The molecule has 0 aliphatic carbocycles. The molecule has 1 aliphatic heterocycles. The van der Waals surface area contributed by atoms with Crippen LogP contribution in [0.4, 0.5) is 0 Å². The largest absolute Gasteiger partial charge is 0.382 e. The standard InChI is InChI=1S/C8H16N2O4S/c1-10(8(12)7(11)4-9)6-2-3-15(13,14)5-6/h6-7,11H,2-5,9H2,1H3. The predicted molar refractivity (Wildman–Crippen MR) is 54.9 cm³/mol. The number of nitrogens with two attached hydrogens (primary N) is 1. The third-order valence-corrected chi connectivity index (χ3v) is 4.36. The highest BCUT2D eigenvalue weighted by Gasteiger charge is 2.34. The topological polar surface area (TPSA) is 101 Å². The van der Waals surface area contributed by atoms with E-state index in [4.69, 9.17) is 5.73 Å². The molecule has 1 heterocycles. The summed E-state index contributed by atoms with van der Waals surface area (Å²) in [5, 5.41) is 9.22. The van der Waals surface area contributed by atoms with Crippen molar-refractivity contribution in [2.24, 2.45) is 5.73 Å². The van der Waals surface area contributed by atoms with Gasteiger partial charge in [0.2, 0.25) is 0 Å². The zero-order chi connectivity index (χ0) is 11.6. The molecule has 3 N–H and O–H groups in total. The molecular weight excluding hydrogens is 220 g/mol. The summed E-state index contributed by atoms with van der Waals surface area (Å²) in [6.07, 6.45) is -0.805. The van der Waals surface area contributed by atoms with E-state index in [1.165, 1.54) is 11.9 Å². The van der Waals surface area contributed by atoms with Gasteiger partial charge in [-0.05, 0) is 6.42 Å². The second-order valence-corrected chi connectivity index (χ2v) is 5.99. The van der Waals surface area contributed by atoms with Crippen LogP contribution in [0.25, 0.3) is 0 Å². The summed E-state index contributed by atoms with van der Waals surface area (Å²) in [6.45, 7) is -0.150. The van der Waals surface area contributed by atoms with Crippen molar-refractivity contribution in [2.45, 2.75) is 18.6 Å². The van der Waals surface area contributed by atoms with Gasteiger partial charge in [-0.25, -0.2) is 8.42 Å². The minimum Gasteiger partial charge on any atom is -0.382 e. The van der Waals surface area contributed by atoms with Gasteiger partial charge in [-0.15, -0.1) is 0 Å². The van der Waals surface area contributed by atoms with Crippen LogP contribution in [-0.2, 0) is 14.6 Å². The lowest BCUT2D eigenvalue weighted by Gasteiger charge is -2.25. The highest BCUT2D eigenvalue weighted by atomic mass is 32.2. The summed E-state index contributed by atoms with van der Waals surface area (Å²) in [5.74, 6) is -0.430. The third kappa shape index (κ3) is 2.90. The van der Waals surface area contributed by atoms with Crippen molar-refractivity contribution >= 4 is 15.7 Å². The monoisotopic (exact) mass is 236 g/mol. The van der Waals surface area contributed by atoms with E-state index < -0.39 is 21.8 Å². The van der Waals surface area contributed by atoms with E-state index in [2.05, 4.69) is 0 Å². The fourth-order valence-corrected chi connectivity index (χ4v) is 3.37. The number of aliphatic hydroxyl groups is 1. The zero-order valence-corrected chi connectivity index (χ0v) is 9.40. The Balaban J connectivity index is 2.63. The van der Waals surface area contributed by atoms with Crippen LogP contribution in [0.5, 0.6) is 0 Å². The minimum atomic E-state index is -3.01. The van der Waals surface area contributed by atoms with Crippen LogP contribution in [0, 0.1) is 0 Å². The number of sulfone groups is 1. The maximum absolute atomic E-state index is 11.5. The van der Waals surface area contributed by atoms with Gasteiger partial charge >= 0.3 is 0 Å². The summed E-state index contributed by atoms with van der Waals surface area (Å²) in [7, 11) is -1.52. The quantitative estimate of drug-likeness (QED) is 0.587. The molecule has 0 spiro atoms. The molecule has 2 unspecified atom stereocenters. The fraction of sp³-hybridized carbons (Fsp3) is 0.875. The molecule has 0 radical (unpaired) electrons. The second kappa shape index (κ2) is 4.46. The molecule has 6 nitrogen and oxygen atoms in total. The number of rotatable bonds is 3. The third-order valence-electron chi connectivity index (χ3n) is 2.61. The Labute approximate surface area is 89.0 Å². The van der Waals surface area contributed by atoms with Gasteiger partial charge in [0.15, 0.2) is 9.84 Å². The molecule has 1 saturated heterocycles. The first-order chi connectivity index (χ1) is 6.87. The Hall–Kier alpha value is -0.660. The molecule has 88 valence electrons. The van der Waals surface area contributed by atoms with Gasteiger partial charge in [-0.1, -0.05) is 0 Å². The van der Waals surface area contributed by atoms with Crippen LogP contribution in [-0.4, -0.2) is 61.6 Å². The maximum Gasteiger partial charge on any atom is 0.252 e. The van der Waals surface area contributed by atoms with Crippen molar-refractivity contribution in [2.75, 3.05) is 25.1 Å². The first-order valence-corrected chi connectivity index (χ1v) is 6.55. The van der Waals surface area contributed by atoms with Gasteiger partial charge in [0.05, 0.1) is 11.5 Å². The lowest BCUT2D eigenvalue weighted by molar-refractivity contribution is -0.139. The van der Waals surface area contributed by atoms with Gasteiger partial charge in [0, 0.05) is 19.6 Å². The number of hydrogen-bond donors (Lipinski definition) is 2. The van der Waals surface area contributed by atoms with Crippen molar-refractivity contribution in [1.82, 2.24) is 4.90 Å². The SMILES string of the molecule is CN(C(=O)C(O)CN)C1CCS(=O)(=O)C1. The minimum absolute atomic E-state index is 0.0213. The average Bonchev–Trinajstić information content (AvgIpc) is 2.55. The van der Waals surface area contributed by atoms with Crippen LogP contribution in [0.3, 0.4) is 0 Å². The van der Waals surface area contributed by atoms with Crippen molar-refractivity contribution in [3.05, 3.63) is 0 Å². The van der Waals surface area contributed by atoms with E-state index >= 15 is 0 Å². The van der Waals surface area contributed by atoms with Crippen LogP contribution in [0.2, 0.25) is 0 Å². The molecule has 1 fully saturated rings. The molecule has 1 amide bonds. The maximum atomic E-state index is 11.5. The summed E-state index contributed by atoms with van der Waals surface area (Å²) in [6, 6.07) is -0.330. The Morgan fingerprint density at radius 1 is 1.67 bits per heavy atom. The summed E-state index contributed by atoms with van der Waals surface area (Å²) >= 11 is 0. The van der Waals surface area contributed by atoms with Crippen molar-refractivity contribution in [3.8, 4) is 0 Å². The molecule has 0 aromatic carbocycles. The molecule has 0 aromatic heterocycles. The molecule has 15 heavy (non-hydrogen) atoms. The summed E-state index contributed by atoms with van der Waals surface area (Å²) < 4.78 is 22.4. The smallest absolute Gasteiger partial charge is 0.252 e. The van der Waals surface area contributed by atoms with Gasteiger partial charge in [0.1, 0.15) is 6.10 Å². The first-order valence-electron chi connectivity index (χ1n) is 4.72. The molecule has 1 aliphatic rings. The molecule has 1 rings (SSSR count). The molecular formula is C8H16N2O4S.